The van der Waals surface area contributed by atoms with Gasteiger partial charge in [-0.15, -0.1) is 0 Å². The van der Waals surface area contributed by atoms with Gasteiger partial charge in [-0.05, 0) is 36.4 Å². The molecule has 0 aliphatic carbocycles. The Hall–Kier alpha value is -2.88. The summed E-state index contributed by atoms with van der Waals surface area (Å²) in [5.41, 5.74) is 1.99. The van der Waals surface area contributed by atoms with Crippen molar-refractivity contribution in [3.05, 3.63) is 66.4 Å². The van der Waals surface area contributed by atoms with Gasteiger partial charge in [0, 0.05) is 17.3 Å². The molecular weight excluding hydrogens is 252 g/mol. The molecule has 1 heterocycles. The molecule has 0 atom stereocenters. The van der Waals surface area contributed by atoms with E-state index in [1.807, 2.05) is 24.3 Å². The molecule has 2 N–H and O–H groups in total. The highest BCUT2D eigenvalue weighted by atomic mass is 16.3. The molecule has 4 nitrogen and oxygen atoms in total. The Kier molecular flexibility index (Phi) is 3.05. The molecule has 4 heteroatoms. The van der Waals surface area contributed by atoms with Gasteiger partial charge in [0.25, 0.3) is 5.91 Å². The van der Waals surface area contributed by atoms with Gasteiger partial charge in [0.05, 0.1) is 11.1 Å². The van der Waals surface area contributed by atoms with Crippen LogP contribution in [0.5, 0.6) is 5.75 Å². The summed E-state index contributed by atoms with van der Waals surface area (Å²) in [7, 11) is 0. The van der Waals surface area contributed by atoms with Crippen LogP contribution in [0.3, 0.4) is 0 Å². The number of hydrogen-bond donors (Lipinski definition) is 2. The molecule has 0 saturated carbocycles. The lowest BCUT2D eigenvalue weighted by Crippen LogP contribution is -2.12. The standard InChI is InChI=1S/C16H12N2O2/c19-12-7-5-11(6-8-12)18-16(20)14-9-10-17-15-4-2-1-3-13(14)15/h1-10,19H,(H,18,20). The van der Waals surface area contributed by atoms with Crippen molar-refractivity contribution in [1.29, 1.82) is 0 Å². The van der Waals surface area contributed by atoms with Crippen LogP contribution in [-0.2, 0) is 0 Å². The zero-order valence-corrected chi connectivity index (χ0v) is 10.6. The van der Waals surface area contributed by atoms with Crippen LogP contribution in [0.2, 0.25) is 0 Å². The van der Waals surface area contributed by atoms with Crippen LogP contribution in [0.15, 0.2) is 60.8 Å². The summed E-state index contributed by atoms with van der Waals surface area (Å²) in [5, 5.41) is 12.8. The van der Waals surface area contributed by atoms with Crippen LogP contribution in [0.4, 0.5) is 5.69 Å². The van der Waals surface area contributed by atoms with Gasteiger partial charge in [0.2, 0.25) is 0 Å². The molecule has 20 heavy (non-hydrogen) atoms. The Morgan fingerprint density at radius 2 is 1.75 bits per heavy atom. The summed E-state index contributed by atoms with van der Waals surface area (Å²) in [6.07, 6.45) is 1.62. The fourth-order valence-electron chi connectivity index (χ4n) is 2.04. The predicted molar refractivity (Wildman–Crippen MR) is 77.8 cm³/mol. The first-order valence-corrected chi connectivity index (χ1v) is 6.18. The molecule has 2 aromatic carbocycles. The molecule has 0 fully saturated rings. The largest absolute Gasteiger partial charge is 0.508 e. The van der Waals surface area contributed by atoms with Gasteiger partial charge in [-0.2, -0.15) is 0 Å². The SMILES string of the molecule is O=C(Nc1ccc(O)cc1)c1ccnc2ccccc12. The maximum atomic E-state index is 12.3. The minimum atomic E-state index is -0.200. The van der Waals surface area contributed by atoms with Crippen LogP contribution in [-0.4, -0.2) is 16.0 Å². The van der Waals surface area contributed by atoms with Crippen LogP contribution in [0.1, 0.15) is 10.4 Å². The lowest BCUT2D eigenvalue weighted by molar-refractivity contribution is 0.102. The van der Waals surface area contributed by atoms with Gasteiger partial charge >= 0.3 is 0 Å². The van der Waals surface area contributed by atoms with E-state index in [0.29, 0.717) is 11.3 Å². The number of hydrogen-bond acceptors (Lipinski definition) is 3. The molecule has 1 amide bonds. The minimum absolute atomic E-state index is 0.164. The Morgan fingerprint density at radius 3 is 2.55 bits per heavy atom. The van der Waals surface area contributed by atoms with Crippen molar-refractivity contribution in [2.24, 2.45) is 0 Å². The monoisotopic (exact) mass is 264 g/mol. The molecular formula is C16H12N2O2. The average molecular weight is 264 g/mol. The van der Waals surface area contributed by atoms with Crippen LogP contribution < -0.4 is 5.32 Å². The van der Waals surface area contributed by atoms with E-state index in [-0.39, 0.29) is 11.7 Å². The number of phenols is 1. The van der Waals surface area contributed by atoms with Crippen molar-refractivity contribution < 1.29 is 9.90 Å². The summed E-state index contributed by atoms with van der Waals surface area (Å²) < 4.78 is 0. The average Bonchev–Trinajstić information content (AvgIpc) is 2.49. The quantitative estimate of drug-likeness (QED) is 0.699. The zero-order chi connectivity index (χ0) is 13.9. The highest BCUT2D eigenvalue weighted by Crippen LogP contribution is 2.19. The van der Waals surface area contributed by atoms with E-state index >= 15 is 0 Å². The number of anilines is 1. The van der Waals surface area contributed by atoms with Gasteiger partial charge in [-0.25, -0.2) is 0 Å². The van der Waals surface area contributed by atoms with Gasteiger partial charge in [0.15, 0.2) is 0 Å². The number of pyridine rings is 1. The molecule has 98 valence electrons. The molecule has 0 spiro atoms. The van der Waals surface area contributed by atoms with Crippen LogP contribution in [0.25, 0.3) is 10.9 Å². The van der Waals surface area contributed by atoms with Crippen molar-refractivity contribution in [3.8, 4) is 5.75 Å². The first kappa shape index (κ1) is 12.2. The minimum Gasteiger partial charge on any atom is -0.508 e. The topological polar surface area (TPSA) is 62.2 Å². The third-order valence-corrected chi connectivity index (χ3v) is 3.02. The summed E-state index contributed by atoms with van der Waals surface area (Å²) in [4.78, 5) is 16.5. The molecule has 1 aromatic heterocycles. The number of benzene rings is 2. The summed E-state index contributed by atoms with van der Waals surface area (Å²) in [5.74, 6) is -0.0355. The Morgan fingerprint density at radius 1 is 1.00 bits per heavy atom. The van der Waals surface area contributed by atoms with Gasteiger partial charge in [-0.3, -0.25) is 9.78 Å². The number of rotatable bonds is 2. The number of carbonyl (C=O) groups excluding carboxylic acids is 1. The Bertz CT molecular complexity index is 762. The number of nitrogens with zero attached hydrogens (tertiary/aromatic N) is 1. The molecule has 0 aliphatic heterocycles. The normalized spacial score (nSPS) is 10.4. The van der Waals surface area contributed by atoms with Crippen molar-refractivity contribution in [2.45, 2.75) is 0 Å². The molecule has 3 aromatic rings. The molecule has 0 saturated heterocycles. The van der Waals surface area contributed by atoms with E-state index in [4.69, 9.17) is 0 Å². The smallest absolute Gasteiger partial charge is 0.256 e. The summed E-state index contributed by atoms with van der Waals surface area (Å²) in [6.45, 7) is 0. The Balaban J connectivity index is 1.94. The van der Waals surface area contributed by atoms with E-state index < -0.39 is 0 Å². The number of para-hydroxylation sites is 1. The second-order valence-electron chi connectivity index (χ2n) is 4.38. The second-order valence-corrected chi connectivity index (χ2v) is 4.38. The van der Waals surface area contributed by atoms with Gasteiger partial charge in [-0.1, -0.05) is 18.2 Å². The number of aromatic nitrogens is 1. The van der Waals surface area contributed by atoms with E-state index in [1.54, 1.807) is 24.4 Å². The fraction of sp³-hybridized carbons (Fsp3) is 0. The number of phenolic OH excluding ortho intramolecular Hbond substituents is 1. The van der Waals surface area contributed by atoms with Crippen molar-refractivity contribution in [1.82, 2.24) is 4.98 Å². The van der Waals surface area contributed by atoms with Gasteiger partial charge < -0.3 is 10.4 Å². The van der Waals surface area contributed by atoms with Crippen molar-refractivity contribution in [3.63, 3.8) is 0 Å². The van der Waals surface area contributed by atoms with E-state index in [1.165, 1.54) is 12.1 Å². The fourth-order valence-corrected chi connectivity index (χ4v) is 2.04. The lowest BCUT2D eigenvalue weighted by Gasteiger charge is -2.07. The molecule has 0 aliphatic rings. The lowest BCUT2D eigenvalue weighted by atomic mass is 10.1. The summed E-state index contributed by atoms with van der Waals surface area (Å²) >= 11 is 0. The predicted octanol–water partition coefficient (Wildman–Crippen LogP) is 3.19. The number of carbonyl (C=O) groups is 1. The maximum Gasteiger partial charge on any atom is 0.256 e. The van der Waals surface area contributed by atoms with Crippen LogP contribution >= 0.6 is 0 Å². The maximum absolute atomic E-state index is 12.3. The molecule has 3 rings (SSSR count). The number of fused-ring (bicyclic) bond motifs is 1. The van der Waals surface area contributed by atoms with E-state index in [9.17, 15) is 9.90 Å². The van der Waals surface area contributed by atoms with Crippen molar-refractivity contribution in [2.75, 3.05) is 5.32 Å². The molecule has 0 radical (unpaired) electrons. The first-order valence-electron chi connectivity index (χ1n) is 6.18. The highest BCUT2D eigenvalue weighted by molar-refractivity contribution is 6.12. The Labute approximate surface area is 115 Å². The van der Waals surface area contributed by atoms with E-state index in [2.05, 4.69) is 10.3 Å². The second kappa shape index (κ2) is 5.01. The molecule has 0 bridgehead atoms. The highest BCUT2D eigenvalue weighted by Gasteiger charge is 2.10. The third kappa shape index (κ3) is 2.31. The number of nitrogens with one attached hydrogen (secondary N) is 1. The van der Waals surface area contributed by atoms with Gasteiger partial charge in [0.1, 0.15) is 5.75 Å². The van der Waals surface area contributed by atoms with Crippen molar-refractivity contribution >= 4 is 22.5 Å². The zero-order valence-electron chi connectivity index (χ0n) is 10.6. The number of aromatic hydroxyl groups is 1. The molecule has 0 unspecified atom stereocenters. The third-order valence-electron chi connectivity index (χ3n) is 3.02. The van der Waals surface area contributed by atoms with E-state index in [0.717, 1.165) is 10.9 Å². The summed E-state index contributed by atoms with van der Waals surface area (Å²) in [6, 6.07) is 15.5. The van der Waals surface area contributed by atoms with Crippen LogP contribution in [0, 0.1) is 0 Å². The first-order chi connectivity index (χ1) is 9.74. The number of amides is 1.